The van der Waals surface area contributed by atoms with Crippen molar-refractivity contribution < 1.29 is 4.79 Å². The highest BCUT2D eigenvalue weighted by Crippen LogP contribution is 2.24. The Bertz CT molecular complexity index is 885. The van der Waals surface area contributed by atoms with E-state index in [1.54, 1.807) is 17.2 Å². The van der Waals surface area contributed by atoms with Crippen LogP contribution in [0.25, 0.3) is 5.70 Å². The number of anilines is 1. The summed E-state index contributed by atoms with van der Waals surface area (Å²) in [5.41, 5.74) is 7.70. The van der Waals surface area contributed by atoms with Crippen molar-refractivity contribution in [3.8, 4) is 0 Å². The van der Waals surface area contributed by atoms with Gasteiger partial charge in [-0.15, -0.1) is 0 Å². The van der Waals surface area contributed by atoms with Crippen LogP contribution in [0.4, 0.5) is 10.6 Å². The van der Waals surface area contributed by atoms with Crippen LogP contribution in [-0.4, -0.2) is 46.9 Å². The molecule has 0 saturated carbocycles. The smallest absolute Gasteiger partial charge is 0.346 e. The lowest BCUT2D eigenvalue weighted by molar-refractivity contribution is 0.166. The van der Waals surface area contributed by atoms with Crippen LogP contribution in [-0.2, 0) is 0 Å². The number of aromatic nitrogens is 1. The Morgan fingerprint density at radius 2 is 2.25 bits per heavy atom. The van der Waals surface area contributed by atoms with Crippen molar-refractivity contribution in [2.75, 3.05) is 24.5 Å². The molecule has 1 fully saturated rings. The first-order valence-corrected chi connectivity index (χ1v) is 9.64. The summed E-state index contributed by atoms with van der Waals surface area (Å²) in [7, 11) is 0. The third-order valence-electron chi connectivity index (χ3n) is 5.51. The monoisotopic (exact) mass is 378 g/mol. The number of hydrogen-bond acceptors (Lipinski definition) is 5. The Kier molecular flexibility index (Phi) is 4.66. The highest BCUT2D eigenvalue weighted by Gasteiger charge is 2.37. The molecular formula is C21H26N6O. The van der Waals surface area contributed by atoms with Crippen molar-refractivity contribution in [2.45, 2.75) is 25.9 Å². The Morgan fingerprint density at radius 3 is 2.89 bits per heavy atom. The highest BCUT2D eigenvalue weighted by atomic mass is 16.2. The molecule has 4 rings (SSSR count). The molecule has 146 valence electrons. The number of nitrogens with two attached hydrogens (primary N) is 1. The van der Waals surface area contributed by atoms with Crippen LogP contribution in [0.3, 0.4) is 0 Å². The zero-order valence-electron chi connectivity index (χ0n) is 16.3. The standard InChI is InChI=1S/C21H26N6O/c1-15-7-10-26(13-15)19-6-5-16(12-23-19)18(22)11-17-14-27(20(28)25-17)21(2)8-3-4-9-24-21/h3-6,8-9,11-12,15,24H,7,10,13-14,22H2,1-2H3/t15-,21?/m0/s1. The summed E-state index contributed by atoms with van der Waals surface area (Å²) in [6.45, 7) is 6.70. The van der Waals surface area contributed by atoms with Crippen molar-refractivity contribution in [3.05, 3.63) is 54.4 Å². The zero-order valence-corrected chi connectivity index (χ0v) is 16.3. The van der Waals surface area contributed by atoms with Gasteiger partial charge in [0.05, 0.1) is 12.3 Å². The minimum absolute atomic E-state index is 0.273. The molecule has 3 aliphatic rings. The predicted octanol–water partition coefficient (Wildman–Crippen LogP) is 2.49. The van der Waals surface area contributed by atoms with Crippen LogP contribution in [0.5, 0.6) is 0 Å². The first kappa shape index (κ1) is 18.3. The maximum Gasteiger partial charge on any atom is 0.346 e. The summed E-state index contributed by atoms with van der Waals surface area (Å²) >= 11 is 0. The summed E-state index contributed by atoms with van der Waals surface area (Å²) in [5, 5.41) is 3.21. The third-order valence-corrected chi connectivity index (χ3v) is 5.51. The first-order valence-electron chi connectivity index (χ1n) is 9.64. The lowest BCUT2D eigenvalue weighted by atomic mass is 10.1. The molecule has 28 heavy (non-hydrogen) atoms. The average Bonchev–Trinajstić information content (AvgIpc) is 3.28. The van der Waals surface area contributed by atoms with E-state index in [4.69, 9.17) is 5.73 Å². The van der Waals surface area contributed by atoms with Gasteiger partial charge in [0.15, 0.2) is 0 Å². The van der Waals surface area contributed by atoms with E-state index in [0.717, 1.165) is 24.5 Å². The molecule has 7 nitrogen and oxygen atoms in total. The zero-order chi connectivity index (χ0) is 19.7. The fraction of sp³-hybridized carbons (Fsp3) is 0.381. The predicted molar refractivity (Wildman–Crippen MR) is 112 cm³/mol. The van der Waals surface area contributed by atoms with Crippen molar-refractivity contribution in [1.29, 1.82) is 0 Å². The van der Waals surface area contributed by atoms with E-state index in [0.29, 0.717) is 23.9 Å². The summed E-state index contributed by atoms with van der Waals surface area (Å²) in [4.78, 5) is 25.1. The van der Waals surface area contributed by atoms with Gasteiger partial charge >= 0.3 is 6.03 Å². The molecule has 3 aliphatic heterocycles. The van der Waals surface area contributed by atoms with Crippen LogP contribution >= 0.6 is 0 Å². The third kappa shape index (κ3) is 3.52. The van der Waals surface area contributed by atoms with E-state index in [1.165, 1.54) is 6.42 Å². The number of carbonyl (C=O) groups is 1. The Balaban J connectivity index is 1.45. The number of hydrogen-bond donors (Lipinski definition) is 2. The number of allylic oxidation sites excluding steroid dienone is 2. The van der Waals surface area contributed by atoms with Crippen molar-refractivity contribution in [2.24, 2.45) is 16.6 Å². The van der Waals surface area contributed by atoms with Gasteiger partial charge in [0.1, 0.15) is 11.5 Å². The maximum atomic E-state index is 12.4. The Labute approximate surface area is 165 Å². The van der Waals surface area contributed by atoms with Gasteiger partial charge in [0.25, 0.3) is 0 Å². The van der Waals surface area contributed by atoms with E-state index in [9.17, 15) is 4.79 Å². The van der Waals surface area contributed by atoms with Crippen molar-refractivity contribution in [3.63, 3.8) is 0 Å². The number of amides is 2. The van der Waals surface area contributed by atoms with Gasteiger partial charge in [-0.25, -0.2) is 9.78 Å². The fourth-order valence-electron chi connectivity index (χ4n) is 3.77. The van der Waals surface area contributed by atoms with Crippen LogP contribution in [0.2, 0.25) is 0 Å². The molecule has 1 aromatic heterocycles. The quantitative estimate of drug-likeness (QED) is 0.841. The molecule has 1 saturated heterocycles. The number of pyridine rings is 1. The largest absolute Gasteiger partial charge is 0.398 e. The van der Waals surface area contributed by atoms with E-state index in [2.05, 4.69) is 27.1 Å². The summed E-state index contributed by atoms with van der Waals surface area (Å²) in [5.74, 6) is 1.69. The minimum Gasteiger partial charge on any atom is -0.398 e. The molecule has 0 bridgehead atoms. The van der Waals surface area contributed by atoms with Crippen LogP contribution in [0.15, 0.2) is 53.8 Å². The van der Waals surface area contributed by atoms with Crippen molar-refractivity contribution >= 4 is 23.3 Å². The molecule has 0 spiro atoms. The number of aliphatic imine (C=N–C) groups is 1. The first-order chi connectivity index (χ1) is 13.4. The van der Waals surface area contributed by atoms with Crippen LogP contribution in [0, 0.1) is 5.92 Å². The fourth-order valence-corrected chi connectivity index (χ4v) is 3.77. The van der Waals surface area contributed by atoms with Gasteiger partial charge < -0.3 is 16.0 Å². The Hall–Kier alpha value is -3.09. The van der Waals surface area contributed by atoms with Crippen molar-refractivity contribution in [1.82, 2.24) is 15.2 Å². The Morgan fingerprint density at radius 1 is 1.39 bits per heavy atom. The second-order valence-corrected chi connectivity index (χ2v) is 7.83. The molecule has 0 radical (unpaired) electrons. The van der Waals surface area contributed by atoms with E-state index in [1.807, 2.05) is 43.5 Å². The molecule has 0 aliphatic carbocycles. The van der Waals surface area contributed by atoms with Crippen LogP contribution < -0.4 is 16.0 Å². The van der Waals surface area contributed by atoms with E-state index >= 15 is 0 Å². The topological polar surface area (TPSA) is 86.8 Å². The molecule has 2 atom stereocenters. The van der Waals surface area contributed by atoms with Gasteiger partial charge in [-0.2, -0.15) is 4.99 Å². The molecule has 1 aromatic rings. The average molecular weight is 378 g/mol. The normalized spacial score (nSPS) is 27.4. The number of rotatable bonds is 4. The summed E-state index contributed by atoms with van der Waals surface area (Å²) in [6, 6.07) is 3.71. The molecule has 7 heteroatoms. The summed E-state index contributed by atoms with van der Waals surface area (Å²) in [6.07, 6.45) is 12.3. The van der Waals surface area contributed by atoms with E-state index < -0.39 is 5.66 Å². The van der Waals surface area contributed by atoms with E-state index in [-0.39, 0.29) is 6.03 Å². The molecule has 4 heterocycles. The highest BCUT2D eigenvalue weighted by molar-refractivity contribution is 6.11. The van der Waals surface area contributed by atoms with Gasteiger partial charge in [-0.05, 0) is 55.8 Å². The number of carbonyl (C=O) groups excluding carboxylic acids is 1. The van der Waals surface area contributed by atoms with Crippen LogP contribution in [0.1, 0.15) is 25.8 Å². The molecule has 3 N–H and O–H groups in total. The number of nitrogens with one attached hydrogen (secondary N) is 1. The molecule has 1 unspecified atom stereocenters. The molecule has 0 aromatic carbocycles. The molecular weight excluding hydrogens is 352 g/mol. The SMILES string of the molecule is C[C@H]1CCN(c2ccc(C(N)=CC3=NC(=O)N(C4(C)C=CC=CN4)C3)cn2)C1. The summed E-state index contributed by atoms with van der Waals surface area (Å²) < 4.78 is 0. The number of urea groups is 1. The lowest BCUT2D eigenvalue weighted by Crippen LogP contribution is -2.55. The van der Waals surface area contributed by atoms with Gasteiger partial charge in [-0.1, -0.05) is 13.0 Å². The number of dihydropyridines is 1. The molecule has 2 amide bonds. The minimum atomic E-state index is -0.588. The van der Waals surface area contributed by atoms with Gasteiger partial charge in [-0.3, -0.25) is 4.90 Å². The number of nitrogens with zero attached hydrogens (tertiary/aromatic N) is 4. The second kappa shape index (κ2) is 7.14. The van der Waals surface area contributed by atoms with Gasteiger partial charge in [0.2, 0.25) is 0 Å². The van der Waals surface area contributed by atoms with Gasteiger partial charge in [0, 0.05) is 30.5 Å². The maximum absolute atomic E-state index is 12.4. The lowest BCUT2D eigenvalue weighted by Gasteiger charge is -2.37. The second-order valence-electron chi connectivity index (χ2n) is 7.83.